The maximum atomic E-state index is 11.7. The number of ether oxygens (including phenoxy) is 1. The number of benzene rings is 1. The maximum absolute atomic E-state index is 11.7. The van der Waals surface area contributed by atoms with Crippen molar-refractivity contribution in [2.45, 2.75) is 6.92 Å². The summed E-state index contributed by atoms with van der Waals surface area (Å²) in [5.41, 5.74) is 0.948. The van der Waals surface area contributed by atoms with Crippen LogP contribution < -0.4 is 4.74 Å². The number of nitrogens with zero attached hydrogens (tertiary/aromatic N) is 2. The fraction of sp³-hybridized carbons (Fsp3) is 0.0833. The lowest BCUT2D eigenvalue weighted by Gasteiger charge is -2.03. The Labute approximate surface area is 107 Å². The standard InChI is InChI=1S/C12H9BrN2O2/c1-8-6-15-11(7-14-8)12(16)17-10-4-2-9(13)3-5-10/h2-7H,1H3. The molecule has 0 bridgehead atoms. The van der Waals surface area contributed by atoms with E-state index in [0.717, 1.165) is 10.2 Å². The highest BCUT2D eigenvalue weighted by atomic mass is 79.9. The molecule has 17 heavy (non-hydrogen) atoms. The van der Waals surface area contributed by atoms with E-state index < -0.39 is 5.97 Å². The Kier molecular flexibility index (Phi) is 3.49. The van der Waals surface area contributed by atoms with E-state index >= 15 is 0 Å². The van der Waals surface area contributed by atoms with Gasteiger partial charge in [-0.2, -0.15) is 0 Å². The van der Waals surface area contributed by atoms with Crippen LogP contribution in [0.2, 0.25) is 0 Å². The molecule has 2 aromatic rings. The Hall–Kier alpha value is -1.75. The van der Waals surface area contributed by atoms with E-state index in [0.29, 0.717) is 5.75 Å². The van der Waals surface area contributed by atoms with Crippen LogP contribution in [0.4, 0.5) is 0 Å². The second-order valence-corrected chi connectivity index (χ2v) is 4.30. The minimum absolute atomic E-state index is 0.193. The van der Waals surface area contributed by atoms with Crippen molar-refractivity contribution in [2.75, 3.05) is 0 Å². The van der Waals surface area contributed by atoms with Gasteiger partial charge in [0.05, 0.1) is 11.9 Å². The van der Waals surface area contributed by atoms with Crippen LogP contribution in [0.5, 0.6) is 5.75 Å². The average Bonchev–Trinajstić information content (AvgIpc) is 2.33. The summed E-state index contributed by atoms with van der Waals surface area (Å²) in [7, 11) is 0. The number of rotatable bonds is 2. The molecule has 0 amide bonds. The van der Waals surface area contributed by atoms with Crippen LogP contribution >= 0.6 is 15.9 Å². The quantitative estimate of drug-likeness (QED) is 0.631. The first-order valence-corrected chi connectivity index (χ1v) is 5.71. The van der Waals surface area contributed by atoms with Gasteiger partial charge in [-0.05, 0) is 31.2 Å². The summed E-state index contributed by atoms with van der Waals surface area (Å²) in [6, 6.07) is 6.99. The molecule has 4 nitrogen and oxygen atoms in total. The summed E-state index contributed by atoms with van der Waals surface area (Å²) in [5.74, 6) is -0.0413. The summed E-state index contributed by atoms with van der Waals surface area (Å²) >= 11 is 3.30. The molecular weight excluding hydrogens is 284 g/mol. The Morgan fingerprint density at radius 1 is 1.18 bits per heavy atom. The lowest BCUT2D eigenvalue weighted by atomic mass is 10.3. The molecular formula is C12H9BrN2O2. The van der Waals surface area contributed by atoms with Crippen LogP contribution in [0.1, 0.15) is 16.2 Å². The van der Waals surface area contributed by atoms with E-state index in [9.17, 15) is 4.79 Å². The molecule has 0 saturated carbocycles. The Bertz CT molecular complexity index is 523. The van der Waals surface area contributed by atoms with Gasteiger partial charge in [0.25, 0.3) is 0 Å². The second kappa shape index (κ2) is 5.05. The fourth-order valence-electron chi connectivity index (χ4n) is 1.16. The molecule has 0 aliphatic heterocycles. The molecule has 1 aromatic heterocycles. The van der Waals surface area contributed by atoms with Crippen LogP contribution in [0, 0.1) is 6.92 Å². The summed E-state index contributed by atoms with van der Waals surface area (Å²) in [4.78, 5) is 19.6. The smallest absolute Gasteiger partial charge is 0.363 e. The van der Waals surface area contributed by atoms with Gasteiger partial charge in [0, 0.05) is 10.7 Å². The third kappa shape index (κ3) is 3.10. The zero-order valence-corrected chi connectivity index (χ0v) is 10.6. The fourth-order valence-corrected chi connectivity index (χ4v) is 1.42. The third-order valence-corrected chi connectivity index (χ3v) is 2.54. The molecule has 0 fully saturated rings. The predicted molar refractivity (Wildman–Crippen MR) is 65.9 cm³/mol. The molecule has 86 valence electrons. The average molecular weight is 293 g/mol. The molecule has 0 spiro atoms. The van der Waals surface area contributed by atoms with Crippen molar-refractivity contribution >= 4 is 21.9 Å². The minimum Gasteiger partial charge on any atom is -0.422 e. The van der Waals surface area contributed by atoms with Crippen molar-refractivity contribution < 1.29 is 9.53 Å². The highest BCUT2D eigenvalue weighted by molar-refractivity contribution is 9.10. The largest absolute Gasteiger partial charge is 0.422 e. The number of esters is 1. The zero-order valence-electron chi connectivity index (χ0n) is 9.05. The van der Waals surface area contributed by atoms with Crippen molar-refractivity contribution in [2.24, 2.45) is 0 Å². The lowest BCUT2D eigenvalue weighted by molar-refractivity contribution is 0.0728. The number of halogens is 1. The molecule has 0 unspecified atom stereocenters. The first-order valence-electron chi connectivity index (χ1n) is 4.91. The molecule has 0 saturated heterocycles. The van der Waals surface area contributed by atoms with Gasteiger partial charge in [0.1, 0.15) is 5.75 Å². The van der Waals surface area contributed by atoms with Crippen molar-refractivity contribution in [3.8, 4) is 5.75 Å². The van der Waals surface area contributed by atoms with Gasteiger partial charge >= 0.3 is 5.97 Å². The summed E-state index contributed by atoms with van der Waals surface area (Å²) in [6.45, 7) is 1.80. The normalized spacial score (nSPS) is 10.0. The van der Waals surface area contributed by atoms with E-state index in [4.69, 9.17) is 4.74 Å². The van der Waals surface area contributed by atoms with Crippen molar-refractivity contribution in [1.29, 1.82) is 0 Å². The Morgan fingerprint density at radius 2 is 1.88 bits per heavy atom. The number of carbonyl (C=O) groups excluding carboxylic acids is 1. The first-order chi connectivity index (χ1) is 8.15. The van der Waals surface area contributed by atoms with Crippen LogP contribution in [0.3, 0.4) is 0 Å². The Morgan fingerprint density at radius 3 is 2.47 bits per heavy atom. The van der Waals surface area contributed by atoms with Crippen molar-refractivity contribution in [3.63, 3.8) is 0 Å². The van der Waals surface area contributed by atoms with Crippen molar-refractivity contribution in [3.05, 3.63) is 52.5 Å². The summed E-state index contributed by atoms with van der Waals surface area (Å²) < 4.78 is 6.06. The number of aromatic nitrogens is 2. The minimum atomic E-state index is -0.514. The zero-order chi connectivity index (χ0) is 12.3. The number of aryl methyl sites for hydroxylation is 1. The van der Waals surface area contributed by atoms with Gasteiger partial charge < -0.3 is 4.74 Å². The van der Waals surface area contributed by atoms with Gasteiger partial charge in [-0.25, -0.2) is 9.78 Å². The molecule has 0 atom stereocenters. The molecule has 1 aromatic carbocycles. The second-order valence-electron chi connectivity index (χ2n) is 3.39. The van der Waals surface area contributed by atoms with Crippen molar-refractivity contribution in [1.82, 2.24) is 9.97 Å². The molecule has 0 aliphatic rings. The number of carbonyl (C=O) groups is 1. The van der Waals surface area contributed by atoms with Gasteiger partial charge in [-0.1, -0.05) is 15.9 Å². The van der Waals surface area contributed by atoms with E-state index in [1.165, 1.54) is 12.4 Å². The first kappa shape index (κ1) is 11.7. The van der Waals surface area contributed by atoms with Crippen LogP contribution in [0.15, 0.2) is 41.1 Å². The highest BCUT2D eigenvalue weighted by Gasteiger charge is 2.10. The summed E-state index contributed by atoms with van der Waals surface area (Å²) in [5, 5.41) is 0. The predicted octanol–water partition coefficient (Wildman–Crippen LogP) is 2.77. The highest BCUT2D eigenvalue weighted by Crippen LogP contribution is 2.16. The maximum Gasteiger partial charge on any atom is 0.363 e. The summed E-state index contributed by atoms with van der Waals surface area (Å²) in [6.07, 6.45) is 2.93. The SMILES string of the molecule is Cc1cnc(C(=O)Oc2ccc(Br)cc2)cn1. The van der Waals surface area contributed by atoms with E-state index in [2.05, 4.69) is 25.9 Å². The van der Waals surface area contributed by atoms with E-state index in [1.807, 2.05) is 0 Å². The topological polar surface area (TPSA) is 52.1 Å². The van der Waals surface area contributed by atoms with E-state index in [-0.39, 0.29) is 5.69 Å². The van der Waals surface area contributed by atoms with Gasteiger partial charge in [0.15, 0.2) is 5.69 Å². The molecule has 0 N–H and O–H groups in total. The van der Waals surface area contributed by atoms with Crippen LogP contribution in [-0.4, -0.2) is 15.9 Å². The molecule has 5 heteroatoms. The van der Waals surface area contributed by atoms with Gasteiger partial charge in [0.2, 0.25) is 0 Å². The van der Waals surface area contributed by atoms with Crippen LogP contribution in [0.25, 0.3) is 0 Å². The Balaban J connectivity index is 2.11. The number of hydrogen-bond donors (Lipinski definition) is 0. The van der Waals surface area contributed by atoms with Gasteiger partial charge in [-0.3, -0.25) is 4.98 Å². The lowest BCUT2D eigenvalue weighted by Crippen LogP contribution is -2.11. The molecule has 0 radical (unpaired) electrons. The third-order valence-electron chi connectivity index (χ3n) is 2.01. The molecule has 0 aliphatic carbocycles. The van der Waals surface area contributed by atoms with Crippen LogP contribution in [-0.2, 0) is 0 Å². The number of hydrogen-bond acceptors (Lipinski definition) is 4. The molecule has 1 heterocycles. The van der Waals surface area contributed by atoms with E-state index in [1.54, 1.807) is 31.2 Å². The molecule has 2 rings (SSSR count). The van der Waals surface area contributed by atoms with Gasteiger partial charge in [-0.15, -0.1) is 0 Å². The monoisotopic (exact) mass is 292 g/mol.